The van der Waals surface area contributed by atoms with Gasteiger partial charge in [-0.25, -0.2) is 29.4 Å². The van der Waals surface area contributed by atoms with Crippen LogP contribution in [-0.2, 0) is 11.3 Å². The molecule has 2 saturated heterocycles. The van der Waals surface area contributed by atoms with Gasteiger partial charge in [0.15, 0.2) is 5.65 Å². The fourth-order valence-electron chi connectivity index (χ4n) is 5.66. The number of hydrogen-bond acceptors (Lipinski definition) is 10. The van der Waals surface area contributed by atoms with Crippen molar-refractivity contribution < 1.29 is 14.3 Å². The molecule has 0 spiro atoms. The Bertz CT molecular complexity index is 1800. The minimum Gasteiger partial charge on any atom is -0.457 e. The molecule has 0 bridgehead atoms. The van der Waals surface area contributed by atoms with E-state index in [0.717, 1.165) is 65.3 Å². The monoisotopic (exact) mass is 590 g/mol. The van der Waals surface area contributed by atoms with Crippen LogP contribution in [0.25, 0.3) is 22.3 Å². The summed E-state index contributed by atoms with van der Waals surface area (Å²) >= 11 is 0. The van der Waals surface area contributed by atoms with Crippen molar-refractivity contribution in [3.05, 3.63) is 78.9 Å². The number of ether oxygens (including phenoxy) is 1. The standard InChI is InChI=1S/C31H30N10O3/c32-28-26-27(21-6-8-24(9-7-21)44-23-4-2-1-3-5-23)38-41(29(26)36-19-35-28)22-10-13-39(14-11-22)18-20-16-33-30(34-17-20)40-15-12-25(42)37-31(40)43/h1-9,16-17,19,22H,10-15,18H2,(H2,32,35,36)(H,37,42,43). The van der Waals surface area contributed by atoms with E-state index in [0.29, 0.717) is 18.3 Å². The largest absolute Gasteiger partial charge is 0.457 e. The Kier molecular flexibility index (Phi) is 7.28. The Morgan fingerprint density at radius 1 is 0.886 bits per heavy atom. The van der Waals surface area contributed by atoms with E-state index in [1.165, 1.54) is 11.2 Å². The van der Waals surface area contributed by atoms with E-state index in [2.05, 4.69) is 30.2 Å². The van der Waals surface area contributed by atoms with Crippen molar-refractivity contribution in [3.63, 3.8) is 0 Å². The zero-order chi connectivity index (χ0) is 30.0. The Labute approximate surface area is 252 Å². The number of amides is 3. The average Bonchev–Trinajstić information content (AvgIpc) is 3.44. The highest BCUT2D eigenvalue weighted by molar-refractivity contribution is 6.04. The maximum Gasteiger partial charge on any atom is 0.330 e. The maximum atomic E-state index is 12.1. The summed E-state index contributed by atoms with van der Waals surface area (Å²) in [5.41, 5.74) is 9.69. The minimum atomic E-state index is -0.494. The van der Waals surface area contributed by atoms with Gasteiger partial charge in [-0.2, -0.15) is 5.10 Å². The third kappa shape index (κ3) is 5.52. The van der Waals surface area contributed by atoms with Crippen LogP contribution in [0, 0.1) is 0 Å². The molecule has 3 aromatic heterocycles. The van der Waals surface area contributed by atoms with Gasteiger partial charge in [0.1, 0.15) is 29.3 Å². The van der Waals surface area contributed by atoms with Crippen molar-refractivity contribution in [2.75, 3.05) is 30.3 Å². The number of rotatable bonds is 7. The molecule has 0 radical (unpaired) electrons. The van der Waals surface area contributed by atoms with Gasteiger partial charge < -0.3 is 10.5 Å². The van der Waals surface area contributed by atoms with Crippen LogP contribution in [0.5, 0.6) is 11.5 Å². The molecule has 0 aliphatic carbocycles. The fourth-order valence-corrected chi connectivity index (χ4v) is 5.66. The summed E-state index contributed by atoms with van der Waals surface area (Å²) in [6.45, 7) is 2.67. The molecule has 5 aromatic rings. The van der Waals surface area contributed by atoms with Crippen LogP contribution in [0.2, 0.25) is 0 Å². The molecule has 44 heavy (non-hydrogen) atoms. The van der Waals surface area contributed by atoms with Crippen molar-refractivity contribution in [1.82, 2.24) is 39.9 Å². The molecule has 0 unspecified atom stereocenters. The second-order valence-corrected chi connectivity index (χ2v) is 10.8. The van der Waals surface area contributed by atoms with Crippen LogP contribution in [-0.4, -0.2) is 66.2 Å². The molecule has 2 aliphatic rings. The lowest BCUT2D eigenvalue weighted by molar-refractivity contribution is -0.120. The highest BCUT2D eigenvalue weighted by Crippen LogP contribution is 2.35. The molecule has 7 rings (SSSR count). The number of nitrogens with two attached hydrogens (primary N) is 1. The van der Waals surface area contributed by atoms with Crippen molar-refractivity contribution in [2.24, 2.45) is 0 Å². The molecule has 5 heterocycles. The normalized spacial score (nSPS) is 16.3. The first-order valence-corrected chi connectivity index (χ1v) is 14.5. The SMILES string of the molecule is Nc1ncnc2c1c(-c1ccc(Oc3ccccc3)cc1)nn2C1CCN(Cc2cnc(N3CCC(=O)NC3=O)nc2)CC1. The van der Waals surface area contributed by atoms with Crippen molar-refractivity contribution in [3.8, 4) is 22.8 Å². The zero-order valence-electron chi connectivity index (χ0n) is 23.8. The number of aromatic nitrogens is 6. The van der Waals surface area contributed by atoms with E-state index in [1.807, 2.05) is 59.3 Å². The lowest BCUT2D eigenvalue weighted by Crippen LogP contribution is -2.50. The predicted octanol–water partition coefficient (Wildman–Crippen LogP) is 3.94. The third-order valence-electron chi connectivity index (χ3n) is 7.92. The number of para-hydroxylation sites is 1. The van der Waals surface area contributed by atoms with Crippen molar-refractivity contribution >= 4 is 34.7 Å². The van der Waals surface area contributed by atoms with Crippen LogP contribution in [0.15, 0.2) is 73.3 Å². The highest BCUT2D eigenvalue weighted by Gasteiger charge is 2.28. The molecule has 3 N–H and O–H groups in total. The summed E-state index contributed by atoms with van der Waals surface area (Å²) in [7, 11) is 0. The number of nitrogens with zero attached hydrogens (tertiary/aromatic N) is 8. The van der Waals surface area contributed by atoms with Crippen LogP contribution < -0.4 is 20.7 Å². The number of piperidine rings is 1. The number of carbonyl (C=O) groups excluding carboxylic acids is 2. The summed E-state index contributed by atoms with van der Waals surface area (Å²) in [5.74, 6) is 1.90. The number of urea groups is 1. The van der Waals surface area contributed by atoms with E-state index in [4.69, 9.17) is 15.6 Å². The first kappa shape index (κ1) is 27.4. The molecule has 222 valence electrons. The number of imide groups is 1. The number of hydrogen-bond donors (Lipinski definition) is 2. The minimum absolute atomic E-state index is 0.149. The number of carbonyl (C=O) groups is 2. The summed E-state index contributed by atoms with van der Waals surface area (Å²) in [6.07, 6.45) is 6.95. The quantitative estimate of drug-likeness (QED) is 0.284. The van der Waals surface area contributed by atoms with Gasteiger partial charge in [0.05, 0.1) is 11.4 Å². The second kappa shape index (κ2) is 11.7. The fraction of sp³-hybridized carbons (Fsp3) is 0.258. The Morgan fingerprint density at radius 3 is 2.34 bits per heavy atom. The van der Waals surface area contributed by atoms with Crippen LogP contribution in [0.3, 0.4) is 0 Å². The van der Waals surface area contributed by atoms with Gasteiger partial charge in [0.25, 0.3) is 0 Å². The molecule has 2 aromatic carbocycles. The first-order valence-electron chi connectivity index (χ1n) is 14.5. The van der Waals surface area contributed by atoms with Crippen LogP contribution in [0.4, 0.5) is 16.6 Å². The van der Waals surface area contributed by atoms with Gasteiger partial charge >= 0.3 is 6.03 Å². The van der Waals surface area contributed by atoms with E-state index in [9.17, 15) is 9.59 Å². The number of fused-ring (bicyclic) bond motifs is 1. The van der Waals surface area contributed by atoms with E-state index >= 15 is 0 Å². The number of likely N-dealkylation sites (tertiary alicyclic amines) is 1. The smallest absolute Gasteiger partial charge is 0.330 e. The summed E-state index contributed by atoms with van der Waals surface area (Å²) < 4.78 is 7.96. The number of anilines is 2. The number of nitrogens with one attached hydrogen (secondary N) is 1. The lowest BCUT2D eigenvalue weighted by atomic mass is 10.0. The molecule has 0 saturated carbocycles. The lowest BCUT2D eigenvalue weighted by Gasteiger charge is -2.32. The summed E-state index contributed by atoms with van der Waals surface area (Å²) in [4.78, 5) is 44.8. The van der Waals surface area contributed by atoms with Crippen LogP contribution >= 0.6 is 0 Å². The predicted molar refractivity (Wildman–Crippen MR) is 163 cm³/mol. The van der Waals surface area contributed by atoms with Gasteiger partial charge in [0.2, 0.25) is 11.9 Å². The van der Waals surface area contributed by atoms with Gasteiger partial charge in [-0.1, -0.05) is 18.2 Å². The third-order valence-corrected chi connectivity index (χ3v) is 7.92. The molecule has 2 aliphatic heterocycles. The number of nitrogen functional groups attached to an aromatic ring is 1. The van der Waals surface area contributed by atoms with Crippen molar-refractivity contribution in [1.29, 1.82) is 0 Å². The second-order valence-electron chi connectivity index (χ2n) is 10.8. The summed E-state index contributed by atoms with van der Waals surface area (Å²) in [5, 5.41) is 8.07. The first-order chi connectivity index (χ1) is 21.5. The molecule has 2 fully saturated rings. The molecule has 3 amide bonds. The Balaban J connectivity index is 1.04. The van der Waals surface area contributed by atoms with Gasteiger partial charge in [-0.15, -0.1) is 0 Å². The Morgan fingerprint density at radius 2 is 1.61 bits per heavy atom. The molecule has 13 heteroatoms. The topological polar surface area (TPSA) is 157 Å². The molecule has 13 nitrogen and oxygen atoms in total. The summed E-state index contributed by atoms with van der Waals surface area (Å²) in [6, 6.07) is 17.1. The van der Waals surface area contributed by atoms with Gasteiger partial charge in [0, 0.05) is 56.1 Å². The maximum absolute atomic E-state index is 12.1. The van der Waals surface area contributed by atoms with Gasteiger partial charge in [-0.05, 0) is 49.2 Å². The van der Waals surface area contributed by atoms with E-state index in [1.54, 1.807) is 12.4 Å². The Hall–Kier alpha value is -5.43. The van der Waals surface area contributed by atoms with E-state index < -0.39 is 6.03 Å². The highest BCUT2D eigenvalue weighted by atomic mass is 16.5. The van der Waals surface area contributed by atoms with Gasteiger partial charge in [-0.3, -0.25) is 19.9 Å². The van der Waals surface area contributed by atoms with Crippen LogP contribution in [0.1, 0.15) is 30.9 Å². The zero-order valence-corrected chi connectivity index (χ0v) is 23.8. The molecular formula is C31H30N10O3. The van der Waals surface area contributed by atoms with E-state index in [-0.39, 0.29) is 24.9 Å². The molecule has 0 atom stereocenters. The molecular weight excluding hydrogens is 560 g/mol. The van der Waals surface area contributed by atoms with Crippen molar-refractivity contribution in [2.45, 2.75) is 31.8 Å². The number of benzene rings is 2. The average molecular weight is 591 g/mol.